The summed E-state index contributed by atoms with van der Waals surface area (Å²) in [5.74, 6) is 2.17. The van der Waals surface area contributed by atoms with Crippen LogP contribution in [0.15, 0.2) is 52.0 Å². The third-order valence-corrected chi connectivity index (χ3v) is 5.80. The summed E-state index contributed by atoms with van der Waals surface area (Å²) in [5, 5.41) is 3.99. The highest BCUT2D eigenvalue weighted by atomic mass is 32.2. The number of hydrogen-bond acceptors (Lipinski definition) is 7. The van der Waals surface area contributed by atoms with Crippen LogP contribution in [0.5, 0.6) is 0 Å². The van der Waals surface area contributed by atoms with E-state index >= 15 is 0 Å². The maximum Gasteiger partial charge on any atom is 0.255 e. The SMILES string of the molecule is CCc1nc(-c2ccc(N3CCN(C(=O)c4ccccc4SC)CC3)nc2)no1. The van der Waals surface area contributed by atoms with Crippen molar-refractivity contribution in [3.05, 3.63) is 54.0 Å². The van der Waals surface area contributed by atoms with Crippen LogP contribution in [0.1, 0.15) is 23.2 Å². The van der Waals surface area contributed by atoms with E-state index in [0.717, 1.165) is 34.9 Å². The van der Waals surface area contributed by atoms with Gasteiger partial charge in [0.1, 0.15) is 5.82 Å². The number of amides is 1. The van der Waals surface area contributed by atoms with Gasteiger partial charge in [0.25, 0.3) is 5.91 Å². The van der Waals surface area contributed by atoms with Crippen molar-refractivity contribution in [3.63, 3.8) is 0 Å². The number of nitrogens with zero attached hydrogens (tertiary/aromatic N) is 5. The van der Waals surface area contributed by atoms with Crippen LogP contribution in [-0.2, 0) is 6.42 Å². The van der Waals surface area contributed by atoms with E-state index in [9.17, 15) is 4.79 Å². The van der Waals surface area contributed by atoms with Crippen LogP contribution in [0.3, 0.4) is 0 Å². The molecule has 8 heteroatoms. The number of benzene rings is 1. The molecule has 2 aromatic heterocycles. The fourth-order valence-electron chi connectivity index (χ4n) is 3.35. The van der Waals surface area contributed by atoms with E-state index < -0.39 is 0 Å². The van der Waals surface area contributed by atoms with Crippen LogP contribution >= 0.6 is 11.8 Å². The molecule has 3 aromatic rings. The molecule has 0 spiro atoms. The number of anilines is 1. The van der Waals surface area contributed by atoms with E-state index in [-0.39, 0.29) is 5.91 Å². The number of piperazine rings is 1. The van der Waals surface area contributed by atoms with Gasteiger partial charge in [-0.3, -0.25) is 4.79 Å². The smallest absolute Gasteiger partial charge is 0.255 e. The largest absolute Gasteiger partial charge is 0.353 e. The normalized spacial score (nSPS) is 14.3. The summed E-state index contributed by atoms with van der Waals surface area (Å²) in [7, 11) is 0. The second kappa shape index (κ2) is 8.65. The predicted molar refractivity (Wildman–Crippen MR) is 113 cm³/mol. The first-order valence-electron chi connectivity index (χ1n) is 9.66. The van der Waals surface area contributed by atoms with Crippen LogP contribution in [0.2, 0.25) is 0 Å². The average molecular weight is 410 g/mol. The third-order valence-electron chi connectivity index (χ3n) is 5.00. The lowest BCUT2D eigenvalue weighted by molar-refractivity contribution is 0.0743. The molecular weight excluding hydrogens is 386 g/mol. The molecule has 0 unspecified atom stereocenters. The summed E-state index contributed by atoms with van der Waals surface area (Å²) >= 11 is 1.60. The number of pyridine rings is 1. The number of rotatable bonds is 5. The van der Waals surface area contributed by atoms with Crippen LogP contribution < -0.4 is 4.90 Å². The van der Waals surface area contributed by atoms with Crippen molar-refractivity contribution in [1.29, 1.82) is 0 Å². The first kappa shape index (κ1) is 19.4. The summed E-state index contributed by atoms with van der Waals surface area (Å²) in [6, 6.07) is 11.7. The number of aromatic nitrogens is 3. The van der Waals surface area contributed by atoms with Gasteiger partial charge in [-0.15, -0.1) is 11.8 Å². The number of carbonyl (C=O) groups is 1. The Labute approximate surface area is 174 Å². The van der Waals surface area contributed by atoms with Crippen molar-refractivity contribution < 1.29 is 9.32 Å². The summed E-state index contributed by atoms with van der Waals surface area (Å²) in [4.78, 5) is 26.9. The van der Waals surface area contributed by atoms with Gasteiger partial charge in [0.05, 0.1) is 5.56 Å². The van der Waals surface area contributed by atoms with E-state index in [0.29, 0.717) is 31.2 Å². The molecule has 4 rings (SSSR count). The minimum atomic E-state index is 0.0988. The average Bonchev–Trinajstić information content (AvgIpc) is 3.28. The van der Waals surface area contributed by atoms with Crippen molar-refractivity contribution in [3.8, 4) is 11.4 Å². The number of hydrogen-bond donors (Lipinski definition) is 0. The van der Waals surface area contributed by atoms with Crippen LogP contribution in [-0.4, -0.2) is 58.4 Å². The molecule has 29 heavy (non-hydrogen) atoms. The van der Waals surface area contributed by atoms with E-state index in [2.05, 4.69) is 20.0 Å². The lowest BCUT2D eigenvalue weighted by atomic mass is 10.1. The standard InChI is InChI=1S/C21H23N5O2S/c1-3-19-23-20(24-28-19)15-8-9-18(22-14-15)25-10-12-26(13-11-25)21(27)16-6-4-5-7-17(16)29-2/h4-9,14H,3,10-13H2,1-2H3. The molecule has 1 fully saturated rings. The lowest BCUT2D eigenvalue weighted by Gasteiger charge is -2.35. The fourth-order valence-corrected chi connectivity index (χ4v) is 3.94. The Morgan fingerprint density at radius 1 is 1.14 bits per heavy atom. The van der Waals surface area contributed by atoms with Crippen LogP contribution in [0.25, 0.3) is 11.4 Å². The third kappa shape index (κ3) is 4.12. The van der Waals surface area contributed by atoms with Gasteiger partial charge in [0.15, 0.2) is 0 Å². The van der Waals surface area contributed by atoms with Gasteiger partial charge in [-0.05, 0) is 30.5 Å². The monoisotopic (exact) mass is 409 g/mol. The number of thioether (sulfide) groups is 1. The fraction of sp³-hybridized carbons (Fsp3) is 0.333. The highest BCUT2D eigenvalue weighted by Crippen LogP contribution is 2.23. The topological polar surface area (TPSA) is 75.4 Å². The molecule has 1 saturated heterocycles. The van der Waals surface area contributed by atoms with E-state index in [4.69, 9.17) is 4.52 Å². The Hall–Kier alpha value is -2.87. The van der Waals surface area contributed by atoms with E-state index in [1.807, 2.05) is 54.5 Å². The Bertz CT molecular complexity index is 981. The maximum absolute atomic E-state index is 12.9. The molecule has 0 radical (unpaired) electrons. The van der Waals surface area contributed by atoms with Crippen molar-refractivity contribution >= 4 is 23.5 Å². The summed E-state index contributed by atoms with van der Waals surface area (Å²) in [6.45, 7) is 4.83. The zero-order valence-corrected chi connectivity index (χ0v) is 17.4. The molecule has 0 saturated carbocycles. The van der Waals surface area contributed by atoms with Gasteiger partial charge in [-0.1, -0.05) is 24.2 Å². The molecule has 0 N–H and O–H groups in total. The predicted octanol–water partition coefficient (Wildman–Crippen LogP) is 3.38. The zero-order chi connectivity index (χ0) is 20.2. The first-order valence-corrected chi connectivity index (χ1v) is 10.9. The Kier molecular flexibility index (Phi) is 5.80. The van der Waals surface area contributed by atoms with Gasteiger partial charge < -0.3 is 14.3 Å². The second-order valence-electron chi connectivity index (χ2n) is 6.75. The molecule has 0 atom stereocenters. The molecule has 7 nitrogen and oxygen atoms in total. The molecule has 1 amide bonds. The van der Waals surface area contributed by atoms with Crippen molar-refractivity contribution in [2.24, 2.45) is 0 Å². The molecule has 150 valence electrons. The molecule has 0 aliphatic carbocycles. The number of carbonyl (C=O) groups excluding carboxylic acids is 1. The summed E-state index contributed by atoms with van der Waals surface area (Å²) in [6.07, 6.45) is 4.48. The lowest BCUT2D eigenvalue weighted by Crippen LogP contribution is -2.49. The minimum absolute atomic E-state index is 0.0988. The highest BCUT2D eigenvalue weighted by Gasteiger charge is 2.24. The molecular formula is C21H23N5O2S. The Morgan fingerprint density at radius 3 is 2.59 bits per heavy atom. The van der Waals surface area contributed by atoms with E-state index in [1.54, 1.807) is 18.0 Å². The van der Waals surface area contributed by atoms with Crippen LogP contribution in [0, 0.1) is 0 Å². The number of aryl methyl sites for hydroxylation is 1. The molecule has 0 bridgehead atoms. The minimum Gasteiger partial charge on any atom is -0.353 e. The van der Waals surface area contributed by atoms with Gasteiger partial charge >= 0.3 is 0 Å². The zero-order valence-electron chi connectivity index (χ0n) is 16.5. The Balaban J connectivity index is 1.40. The first-order chi connectivity index (χ1) is 14.2. The second-order valence-corrected chi connectivity index (χ2v) is 7.60. The molecule has 1 aromatic carbocycles. The molecule has 1 aliphatic rings. The summed E-state index contributed by atoms with van der Waals surface area (Å²) < 4.78 is 5.16. The highest BCUT2D eigenvalue weighted by molar-refractivity contribution is 7.98. The van der Waals surface area contributed by atoms with Gasteiger partial charge in [0, 0.05) is 49.3 Å². The van der Waals surface area contributed by atoms with E-state index in [1.165, 1.54) is 0 Å². The molecule has 3 heterocycles. The quantitative estimate of drug-likeness (QED) is 0.598. The van der Waals surface area contributed by atoms with Gasteiger partial charge in [0.2, 0.25) is 11.7 Å². The molecule has 1 aliphatic heterocycles. The maximum atomic E-state index is 12.9. The van der Waals surface area contributed by atoms with Crippen molar-refractivity contribution in [2.45, 2.75) is 18.2 Å². The Morgan fingerprint density at radius 2 is 1.93 bits per heavy atom. The van der Waals surface area contributed by atoms with Crippen molar-refractivity contribution in [1.82, 2.24) is 20.0 Å². The van der Waals surface area contributed by atoms with Crippen molar-refractivity contribution in [2.75, 3.05) is 37.3 Å². The van der Waals surface area contributed by atoms with Gasteiger partial charge in [-0.2, -0.15) is 4.98 Å². The van der Waals surface area contributed by atoms with Gasteiger partial charge in [-0.25, -0.2) is 4.98 Å². The van der Waals surface area contributed by atoms with Crippen LogP contribution in [0.4, 0.5) is 5.82 Å². The summed E-state index contributed by atoms with van der Waals surface area (Å²) in [5.41, 5.74) is 1.61.